The summed E-state index contributed by atoms with van der Waals surface area (Å²) in [5, 5.41) is 0. The van der Waals surface area contributed by atoms with Gasteiger partial charge in [0.2, 0.25) is 0 Å². The molecular weight excluding hydrogens is 192 g/mol. The van der Waals surface area contributed by atoms with E-state index in [0.717, 1.165) is 6.42 Å². The van der Waals surface area contributed by atoms with Crippen molar-refractivity contribution in [1.29, 1.82) is 0 Å². The second-order valence-corrected chi connectivity index (χ2v) is 4.74. The lowest BCUT2D eigenvalue weighted by Crippen LogP contribution is -2.12. The van der Waals surface area contributed by atoms with Crippen LogP contribution in [0.25, 0.3) is 0 Å². The van der Waals surface area contributed by atoms with Gasteiger partial charge in [-0.2, -0.15) is 0 Å². The Labute approximate surface area is 96.9 Å². The molecule has 16 heavy (non-hydrogen) atoms. The van der Waals surface area contributed by atoms with E-state index in [-0.39, 0.29) is 0 Å². The predicted octanol–water partition coefficient (Wildman–Crippen LogP) is 4.05. The van der Waals surface area contributed by atoms with Gasteiger partial charge in [0.15, 0.2) is 0 Å². The summed E-state index contributed by atoms with van der Waals surface area (Å²) in [5.41, 5.74) is 7.48. The summed E-state index contributed by atoms with van der Waals surface area (Å²) in [6, 6.07) is 15.5. The first-order valence-corrected chi connectivity index (χ1v) is 5.93. The smallest absolute Gasteiger partial charge is 0.00693 e. The standard InChI is InChI=1S/C16H16/c1-11-6-5-8-14-10-13-7-3-4-9-15(13)12(2)16(11)14/h3-9,12H,10H2,1-2H3. The molecule has 0 saturated carbocycles. The summed E-state index contributed by atoms with van der Waals surface area (Å²) >= 11 is 0. The van der Waals surface area contributed by atoms with E-state index in [1.165, 1.54) is 22.3 Å². The van der Waals surface area contributed by atoms with Crippen LogP contribution in [0.3, 0.4) is 0 Å². The van der Waals surface area contributed by atoms with Gasteiger partial charge in [0.1, 0.15) is 0 Å². The number of rotatable bonds is 0. The molecule has 0 bridgehead atoms. The van der Waals surface area contributed by atoms with Crippen LogP contribution in [0.1, 0.15) is 40.7 Å². The van der Waals surface area contributed by atoms with Crippen molar-refractivity contribution < 1.29 is 0 Å². The lowest BCUT2D eigenvalue weighted by molar-refractivity contribution is 0.835. The molecule has 80 valence electrons. The third-order valence-electron chi connectivity index (χ3n) is 3.75. The van der Waals surface area contributed by atoms with Gasteiger partial charge in [-0.1, -0.05) is 49.4 Å². The molecule has 1 aliphatic rings. The molecule has 1 atom stereocenters. The zero-order chi connectivity index (χ0) is 11.1. The molecule has 1 unspecified atom stereocenters. The van der Waals surface area contributed by atoms with E-state index in [0.29, 0.717) is 5.92 Å². The fourth-order valence-electron chi connectivity index (χ4n) is 2.99. The normalized spacial score (nSPS) is 17.8. The van der Waals surface area contributed by atoms with Crippen molar-refractivity contribution in [3.8, 4) is 0 Å². The zero-order valence-electron chi connectivity index (χ0n) is 9.83. The molecule has 0 saturated heterocycles. The van der Waals surface area contributed by atoms with Crippen molar-refractivity contribution in [3.63, 3.8) is 0 Å². The van der Waals surface area contributed by atoms with E-state index in [9.17, 15) is 0 Å². The van der Waals surface area contributed by atoms with Crippen LogP contribution >= 0.6 is 0 Å². The van der Waals surface area contributed by atoms with Crippen molar-refractivity contribution in [2.75, 3.05) is 0 Å². The lowest BCUT2D eigenvalue weighted by atomic mass is 9.77. The highest BCUT2D eigenvalue weighted by Crippen LogP contribution is 2.37. The van der Waals surface area contributed by atoms with Gasteiger partial charge in [0.25, 0.3) is 0 Å². The van der Waals surface area contributed by atoms with Crippen LogP contribution in [0.15, 0.2) is 42.5 Å². The third kappa shape index (κ3) is 1.30. The summed E-state index contributed by atoms with van der Waals surface area (Å²) in [6.45, 7) is 4.55. The molecule has 2 aromatic carbocycles. The molecule has 0 fully saturated rings. The van der Waals surface area contributed by atoms with Gasteiger partial charge < -0.3 is 0 Å². The van der Waals surface area contributed by atoms with Crippen molar-refractivity contribution in [1.82, 2.24) is 0 Å². The van der Waals surface area contributed by atoms with Crippen molar-refractivity contribution in [2.45, 2.75) is 26.2 Å². The Balaban J connectivity index is 2.23. The first-order valence-electron chi connectivity index (χ1n) is 5.93. The third-order valence-corrected chi connectivity index (χ3v) is 3.75. The van der Waals surface area contributed by atoms with Crippen LogP contribution < -0.4 is 0 Å². The van der Waals surface area contributed by atoms with Crippen molar-refractivity contribution in [2.24, 2.45) is 0 Å². The maximum Gasteiger partial charge on any atom is 0.00693 e. The van der Waals surface area contributed by atoms with Gasteiger partial charge in [-0.25, -0.2) is 0 Å². The minimum Gasteiger partial charge on any atom is -0.0620 e. The predicted molar refractivity (Wildman–Crippen MR) is 67.9 cm³/mol. The minimum atomic E-state index is 0.543. The summed E-state index contributed by atoms with van der Waals surface area (Å²) in [6.07, 6.45) is 1.09. The summed E-state index contributed by atoms with van der Waals surface area (Å²) < 4.78 is 0. The van der Waals surface area contributed by atoms with E-state index < -0.39 is 0 Å². The molecule has 3 rings (SSSR count). The van der Waals surface area contributed by atoms with Gasteiger partial charge in [-0.3, -0.25) is 0 Å². The van der Waals surface area contributed by atoms with Gasteiger partial charge >= 0.3 is 0 Å². The van der Waals surface area contributed by atoms with Crippen LogP contribution in [0.4, 0.5) is 0 Å². The summed E-state index contributed by atoms with van der Waals surface area (Å²) in [5.74, 6) is 0.543. The Hall–Kier alpha value is -1.56. The highest BCUT2D eigenvalue weighted by Gasteiger charge is 2.22. The Bertz CT molecular complexity index is 537. The van der Waals surface area contributed by atoms with Crippen LogP contribution in [-0.2, 0) is 6.42 Å². The Morgan fingerprint density at radius 1 is 0.938 bits per heavy atom. The van der Waals surface area contributed by atoms with Crippen molar-refractivity contribution in [3.05, 3.63) is 70.3 Å². The Morgan fingerprint density at radius 3 is 2.56 bits per heavy atom. The maximum absolute atomic E-state index is 2.32. The van der Waals surface area contributed by atoms with Gasteiger partial charge in [0.05, 0.1) is 0 Å². The second kappa shape index (κ2) is 3.48. The lowest BCUT2D eigenvalue weighted by Gasteiger charge is -2.27. The molecule has 0 aliphatic heterocycles. The number of hydrogen-bond donors (Lipinski definition) is 0. The quantitative estimate of drug-likeness (QED) is 0.612. The summed E-state index contributed by atoms with van der Waals surface area (Å²) in [7, 11) is 0. The fourth-order valence-corrected chi connectivity index (χ4v) is 2.99. The van der Waals surface area contributed by atoms with E-state index >= 15 is 0 Å². The maximum atomic E-state index is 2.32. The number of aryl methyl sites for hydroxylation is 1. The monoisotopic (exact) mass is 208 g/mol. The molecule has 0 heteroatoms. The number of benzene rings is 2. The molecule has 0 N–H and O–H groups in total. The molecular formula is C16H16. The molecule has 1 aliphatic carbocycles. The SMILES string of the molecule is Cc1cccc2c1C(C)c1ccccc1C2. The Morgan fingerprint density at radius 2 is 1.69 bits per heavy atom. The molecule has 0 radical (unpaired) electrons. The zero-order valence-corrected chi connectivity index (χ0v) is 9.83. The summed E-state index contributed by atoms with van der Waals surface area (Å²) in [4.78, 5) is 0. The van der Waals surface area contributed by atoms with Crippen LogP contribution in [0.2, 0.25) is 0 Å². The first kappa shape index (κ1) is 9.65. The molecule has 0 heterocycles. The highest BCUT2D eigenvalue weighted by atomic mass is 14.3. The molecule has 0 spiro atoms. The van der Waals surface area contributed by atoms with Gasteiger partial charge in [0, 0.05) is 5.92 Å². The van der Waals surface area contributed by atoms with Gasteiger partial charge in [-0.15, -0.1) is 0 Å². The van der Waals surface area contributed by atoms with Crippen LogP contribution in [0, 0.1) is 6.92 Å². The topological polar surface area (TPSA) is 0 Å². The number of hydrogen-bond acceptors (Lipinski definition) is 0. The largest absolute Gasteiger partial charge is 0.0620 e. The average molecular weight is 208 g/mol. The first-order chi connectivity index (χ1) is 7.77. The van der Waals surface area contributed by atoms with Crippen LogP contribution in [0.5, 0.6) is 0 Å². The van der Waals surface area contributed by atoms with E-state index in [1.54, 1.807) is 5.56 Å². The van der Waals surface area contributed by atoms with E-state index in [1.807, 2.05) is 0 Å². The van der Waals surface area contributed by atoms with Gasteiger partial charge in [-0.05, 0) is 41.2 Å². The van der Waals surface area contributed by atoms with Crippen molar-refractivity contribution >= 4 is 0 Å². The minimum absolute atomic E-state index is 0.543. The molecule has 0 nitrogen and oxygen atoms in total. The second-order valence-electron chi connectivity index (χ2n) is 4.74. The molecule has 0 aromatic heterocycles. The molecule has 2 aromatic rings. The average Bonchev–Trinajstić information content (AvgIpc) is 2.29. The van der Waals surface area contributed by atoms with Crippen LogP contribution in [-0.4, -0.2) is 0 Å². The molecule has 0 amide bonds. The number of fused-ring (bicyclic) bond motifs is 2. The highest BCUT2D eigenvalue weighted by molar-refractivity contribution is 5.51. The Kier molecular flexibility index (Phi) is 2.10. The van der Waals surface area contributed by atoms with E-state index in [4.69, 9.17) is 0 Å². The van der Waals surface area contributed by atoms with E-state index in [2.05, 4.69) is 56.3 Å². The fraction of sp³-hybridized carbons (Fsp3) is 0.250.